The number of benzene rings is 2. The van der Waals surface area contributed by atoms with E-state index in [1.165, 1.54) is 13.2 Å². The number of hydrogen-bond acceptors (Lipinski definition) is 3. The fraction of sp³-hybridized carbons (Fsp3) is 0.316. The highest BCUT2D eigenvalue weighted by Crippen LogP contribution is 2.21. The number of amides is 1. The van der Waals surface area contributed by atoms with Gasteiger partial charge in [-0.2, -0.15) is 0 Å². The Bertz CT molecular complexity index is 704. The topological polar surface area (TPSA) is 50.4 Å². The minimum absolute atomic E-state index is 0.0209. The predicted molar refractivity (Wildman–Crippen MR) is 92.9 cm³/mol. The highest BCUT2D eigenvalue weighted by molar-refractivity contribution is 5.94. The Hall–Kier alpha value is -2.40. The molecule has 0 aliphatic heterocycles. The highest BCUT2D eigenvalue weighted by Gasteiger charge is 2.09. The molecule has 0 radical (unpaired) electrons. The third-order valence-corrected chi connectivity index (χ3v) is 3.96. The van der Waals surface area contributed by atoms with Gasteiger partial charge in [0.2, 0.25) is 0 Å². The molecule has 0 heterocycles. The fourth-order valence-electron chi connectivity index (χ4n) is 2.52. The van der Waals surface area contributed by atoms with Crippen molar-refractivity contribution in [3.63, 3.8) is 0 Å². The van der Waals surface area contributed by atoms with Crippen LogP contribution < -0.4 is 15.4 Å². The van der Waals surface area contributed by atoms with Gasteiger partial charge in [0, 0.05) is 18.7 Å². The standard InChI is InChI=1S/C19H23FN2O2/c1-13(15-7-8-18(24-3)17(20)12-15)22-10-9-14-5-4-6-16(11-14)19(23)21-2/h4-8,11-13,22H,9-10H2,1-3H3,(H,21,23)/t13-/m1/s1. The lowest BCUT2D eigenvalue weighted by Crippen LogP contribution is -2.22. The van der Waals surface area contributed by atoms with Crippen molar-refractivity contribution in [1.29, 1.82) is 0 Å². The minimum Gasteiger partial charge on any atom is -0.494 e. The summed E-state index contributed by atoms with van der Waals surface area (Å²) < 4.78 is 18.7. The summed E-state index contributed by atoms with van der Waals surface area (Å²) in [5.41, 5.74) is 2.60. The Labute approximate surface area is 142 Å². The van der Waals surface area contributed by atoms with Gasteiger partial charge >= 0.3 is 0 Å². The first-order chi connectivity index (χ1) is 11.5. The quantitative estimate of drug-likeness (QED) is 0.820. The molecule has 0 spiro atoms. The number of halogens is 1. The molecular formula is C19H23FN2O2. The summed E-state index contributed by atoms with van der Waals surface area (Å²) in [7, 11) is 3.07. The van der Waals surface area contributed by atoms with Gasteiger partial charge in [-0.3, -0.25) is 4.79 Å². The lowest BCUT2D eigenvalue weighted by molar-refractivity contribution is 0.0963. The van der Waals surface area contributed by atoms with Gasteiger partial charge in [-0.05, 0) is 55.3 Å². The van der Waals surface area contributed by atoms with Crippen LogP contribution in [0.5, 0.6) is 5.75 Å². The van der Waals surface area contributed by atoms with Crippen LogP contribution >= 0.6 is 0 Å². The Morgan fingerprint density at radius 1 is 1.25 bits per heavy atom. The van der Waals surface area contributed by atoms with E-state index in [1.54, 1.807) is 19.2 Å². The molecule has 2 rings (SSSR count). The van der Waals surface area contributed by atoms with E-state index in [0.717, 1.165) is 24.1 Å². The van der Waals surface area contributed by atoms with Gasteiger partial charge in [0.25, 0.3) is 5.91 Å². The average Bonchev–Trinajstić information content (AvgIpc) is 2.61. The molecule has 4 nitrogen and oxygen atoms in total. The molecular weight excluding hydrogens is 307 g/mol. The number of hydrogen-bond donors (Lipinski definition) is 2. The molecule has 0 bridgehead atoms. The van der Waals surface area contributed by atoms with Gasteiger partial charge in [0.05, 0.1) is 7.11 Å². The molecule has 24 heavy (non-hydrogen) atoms. The predicted octanol–water partition coefficient (Wildman–Crippen LogP) is 3.09. The first-order valence-corrected chi connectivity index (χ1v) is 7.93. The molecule has 0 unspecified atom stereocenters. The van der Waals surface area contributed by atoms with E-state index in [2.05, 4.69) is 10.6 Å². The maximum Gasteiger partial charge on any atom is 0.251 e. The van der Waals surface area contributed by atoms with Crippen molar-refractivity contribution in [2.75, 3.05) is 20.7 Å². The molecule has 2 aromatic rings. The van der Waals surface area contributed by atoms with Crippen LogP contribution in [0.1, 0.15) is 34.5 Å². The zero-order chi connectivity index (χ0) is 17.5. The van der Waals surface area contributed by atoms with Gasteiger partial charge in [0.15, 0.2) is 11.6 Å². The van der Waals surface area contributed by atoms with Crippen molar-refractivity contribution in [2.45, 2.75) is 19.4 Å². The Kier molecular flexibility index (Phi) is 6.32. The van der Waals surface area contributed by atoms with E-state index >= 15 is 0 Å². The fourth-order valence-corrected chi connectivity index (χ4v) is 2.52. The first kappa shape index (κ1) is 17.9. The van der Waals surface area contributed by atoms with Crippen LogP contribution in [-0.2, 0) is 6.42 Å². The zero-order valence-corrected chi connectivity index (χ0v) is 14.2. The number of carbonyl (C=O) groups excluding carboxylic acids is 1. The summed E-state index contributed by atoms with van der Waals surface area (Å²) in [4.78, 5) is 11.6. The molecule has 0 saturated heterocycles. The summed E-state index contributed by atoms with van der Waals surface area (Å²) >= 11 is 0. The maximum atomic E-state index is 13.8. The SMILES string of the molecule is CNC(=O)c1cccc(CCN[C@H](C)c2ccc(OC)c(F)c2)c1. The molecule has 2 N–H and O–H groups in total. The number of methoxy groups -OCH3 is 1. The Balaban J connectivity index is 1.92. The summed E-state index contributed by atoms with van der Waals surface area (Å²) in [5, 5.41) is 5.99. The summed E-state index contributed by atoms with van der Waals surface area (Å²) in [6.07, 6.45) is 0.786. The van der Waals surface area contributed by atoms with Crippen molar-refractivity contribution in [1.82, 2.24) is 10.6 Å². The van der Waals surface area contributed by atoms with E-state index in [4.69, 9.17) is 4.74 Å². The number of ether oxygens (including phenoxy) is 1. The molecule has 0 aliphatic carbocycles. The zero-order valence-electron chi connectivity index (χ0n) is 14.2. The third kappa shape index (κ3) is 4.55. The Morgan fingerprint density at radius 2 is 2.04 bits per heavy atom. The third-order valence-electron chi connectivity index (χ3n) is 3.96. The normalized spacial score (nSPS) is 11.8. The van der Waals surface area contributed by atoms with E-state index < -0.39 is 0 Å². The van der Waals surface area contributed by atoms with Crippen LogP contribution in [0.2, 0.25) is 0 Å². The molecule has 5 heteroatoms. The van der Waals surface area contributed by atoms with Crippen molar-refractivity contribution in [3.8, 4) is 5.75 Å². The van der Waals surface area contributed by atoms with E-state index in [0.29, 0.717) is 5.56 Å². The molecule has 0 aromatic heterocycles. The minimum atomic E-state index is -0.359. The van der Waals surface area contributed by atoms with Crippen LogP contribution in [0.3, 0.4) is 0 Å². The molecule has 128 valence electrons. The smallest absolute Gasteiger partial charge is 0.251 e. The van der Waals surface area contributed by atoms with Gasteiger partial charge in [0.1, 0.15) is 0 Å². The first-order valence-electron chi connectivity index (χ1n) is 7.93. The van der Waals surface area contributed by atoms with Gasteiger partial charge in [-0.1, -0.05) is 18.2 Å². The Morgan fingerprint density at radius 3 is 2.71 bits per heavy atom. The van der Waals surface area contributed by atoms with Crippen molar-refractivity contribution in [3.05, 3.63) is 65.0 Å². The molecule has 1 amide bonds. The second-order valence-corrected chi connectivity index (χ2v) is 5.60. The van der Waals surface area contributed by atoms with Crippen molar-refractivity contribution < 1.29 is 13.9 Å². The van der Waals surface area contributed by atoms with Crippen LogP contribution in [0.15, 0.2) is 42.5 Å². The van der Waals surface area contributed by atoms with E-state index in [-0.39, 0.29) is 23.5 Å². The lowest BCUT2D eigenvalue weighted by atomic mass is 10.1. The molecule has 0 saturated carbocycles. The molecule has 0 aliphatic rings. The molecule has 0 fully saturated rings. The number of carbonyl (C=O) groups is 1. The van der Waals surface area contributed by atoms with E-state index in [9.17, 15) is 9.18 Å². The van der Waals surface area contributed by atoms with Crippen LogP contribution in [0.4, 0.5) is 4.39 Å². The van der Waals surface area contributed by atoms with Crippen LogP contribution in [0.25, 0.3) is 0 Å². The number of nitrogens with one attached hydrogen (secondary N) is 2. The van der Waals surface area contributed by atoms with E-state index in [1.807, 2.05) is 31.2 Å². The molecule has 1 atom stereocenters. The monoisotopic (exact) mass is 330 g/mol. The van der Waals surface area contributed by atoms with Crippen molar-refractivity contribution in [2.24, 2.45) is 0 Å². The van der Waals surface area contributed by atoms with Crippen LogP contribution in [-0.4, -0.2) is 26.6 Å². The second kappa shape index (κ2) is 8.45. The second-order valence-electron chi connectivity index (χ2n) is 5.60. The van der Waals surface area contributed by atoms with Crippen molar-refractivity contribution >= 4 is 5.91 Å². The van der Waals surface area contributed by atoms with Crippen LogP contribution in [0, 0.1) is 5.82 Å². The highest BCUT2D eigenvalue weighted by atomic mass is 19.1. The average molecular weight is 330 g/mol. The van der Waals surface area contributed by atoms with Gasteiger partial charge in [-0.25, -0.2) is 4.39 Å². The molecule has 2 aromatic carbocycles. The number of rotatable bonds is 7. The largest absolute Gasteiger partial charge is 0.494 e. The van der Waals surface area contributed by atoms with Gasteiger partial charge < -0.3 is 15.4 Å². The van der Waals surface area contributed by atoms with Gasteiger partial charge in [-0.15, -0.1) is 0 Å². The lowest BCUT2D eigenvalue weighted by Gasteiger charge is -2.15. The summed E-state index contributed by atoms with van der Waals surface area (Å²) in [5.74, 6) is -0.203. The maximum absolute atomic E-state index is 13.8. The summed E-state index contributed by atoms with van der Waals surface area (Å²) in [6, 6.07) is 12.5. The summed E-state index contributed by atoms with van der Waals surface area (Å²) in [6.45, 7) is 2.72.